The number of halogens is 5. The number of alkyl halides is 3. The van der Waals surface area contributed by atoms with E-state index in [9.17, 15) is 22.4 Å². The molecule has 0 unspecified atom stereocenters. The Balaban J connectivity index is 1.31. The summed E-state index contributed by atoms with van der Waals surface area (Å²) in [5.41, 5.74) is -0.576. The fourth-order valence-electron chi connectivity index (χ4n) is 3.86. The number of nitrogens with zero attached hydrogens (tertiary/aromatic N) is 7. The summed E-state index contributed by atoms with van der Waals surface area (Å²) in [5.74, 6) is -1.34. The van der Waals surface area contributed by atoms with E-state index in [4.69, 9.17) is 11.6 Å². The molecule has 1 aliphatic heterocycles. The largest absolute Gasteiger partial charge is 0.335 e. The molecule has 1 aromatic carbocycles. The molecule has 1 saturated heterocycles. The molecule has 5 rings (SSSR count). The van der Waals surface area contributed by atoms with Crippen LogP contribution in [0.15, 0.2) is 49.3 Å². The van der Waals surface area contributed by atoms with Crippen molar-refractivity contribution in [3.05, 3.63) is 77.0 Å². The Bertz CT molecular complexity index is 1480. The zero-order valence-corrected chi connectivity index (χ0v) is 20.4. The Morgan fingerprint density at radius 2 is 1.87 bits per heavy atom. The Kier molecular flexibility index (Phi) is 6.93. The molecule has 1 amide bonds. The molecule has 0 aliphatic carbocycles. The summed E-state index contributed by atoms with van der Waals surface area (Å²) in [6.45, 7) is 2.39. The molecule has 0 radical (unpaired) electrons. The second-order valence-electron chi connectivity index (χ2n) is 8.57. The van der Waals surface area contributed by atoms with Crippen molar-refractivity contribution in [1.29, 1.82) is 0 Å². The van der Waals surface area contributed by atoms with Gasteiger partial charge in [0.2, 0.25) is 5.95 Å². The molecule has 14 heteroatoms. The highest BCUT2D eigenvalue weighted by molar-refractivity contribution is 6.31. The standard InChI is InChI=1S/C24H19ClF4N8O/c1-12(13-4-31-24(32-5-13)36-9-14(26)10-36)37-11-15(6-33-37)34-23(38)19-8-30-7-18(35-19)20-16(22(28)29)2-3-17(25)21(20)27/h2-8,11-12,14,22H,9-10H2,1H3,(H,34,38)/t12-/m0/s1. The summed E-state index contributed by atoms with van der Waals surface area (Å²) in [6.07, 6.45) is 4.57. The van der Waals surface area contributed by atoms with Gasteiger partial charge in [0.25, 0.3) is 12.3 Å². The number of carbonyl (C=O) groups is 1. The lowest BCUT2D eigenvalue weighted by Crippen LogP contribution is -2.49. The normalized spacial score (nSPS) is 14.4. The topological polar surface area (TPSA) is 102 Å². The second kappa shape index (κ2) is 10.3. The summed E-state index contributed by atoms with van der Waals surface area (Å²) in [5, 5.41) is 6.49. The van der Waals surface area contributed by atoms with Crippen LogP contribution in [0.25, 0.3) is 11.3 Å². The number of carbonyl (C=O) groups excluding carboxylic acids is 1. The van der Waals surface area contributed by atoms with Crippen molar-refractivity contribution < 1.29 is 22.4 Å². The van der Waals surface area contributed by atoms with Gasteiger partial charge in [-0.05, 0) is 13.0 Å². The zero-order valence-electron chi connectivity index (χ0n) is 19.7. The molecule has 3 aromatic heterocycles. The van der Waals surface area contributed by atoms with Gasteiger partial charge >= 0.3 is 0 Å². The Labute approximate surface area is 218 Å². The van der Waals surface area contributed by atoms with Crippen LogP contribution < -0.4 is 10.2 Å². The average Bonchev–Trinajstić information content (AvgIpc) is 3.36. The van der Waals surface area contributed by atoms with Crippen LogP contribution in [0.3, 0.4) is 0 Å². The second-order valence-corrected chi connectivity index (χ2v) is 8.98. The van der Waals surface area contributed by atoms with E-state index in [1.54, 1.807) is 28.2 Å². The highest BCUT2D eigenvalue weighted by Gasteiger charge is 2.28. The van der Waals surface area contributed by atoms with Crippen LogP contribution in [0.5, 0.6) is 0 Å². The summed E-state index contributed by atoms with van der Waals surface area (Å²) in [6, 6.07) is 1.73. The van der Waals surface area contributed by atoms with Crippen LogP contribution in [0.4, 0.5) is 29.2 Å². The Morgan fingerprint density at radius 1 is 1.13 bits per heavy atom. The molecule has 0 spiro atoms. The summed E-state index contributed by atoms with van der Waals surface area (Å²) < 4.78 is 56.2. The van der Waals surface area contributed by atoms with Gasteiger partial charge in [-0.2, -0.15) is 5.10 Å². The maximum atomic E-state index is 14.6. The third-order valence-corrected chi connectivity index (χ3v) is 6.29. The Hall–Kier alpha value is -4.13. The van der Waals surface area contributed by atoms with E-state index in [1.807, 2.05) is 6.92 Å². The molecule has 0 saturated carbocycles. The number of hydrogen-bond donors (Lipinski definition) is 1. The fourth-order valence-corrected chi connectivity index (χ4v) is 4.02. The van der Waals surface area contributed by atoms with Gasteiger partial charge < -0.3 is 10.2 Å². The fraction of sp³-hybridized carbons (Fsp3) is 0.250. The first-order valence-electron chi connectivity index (χ1n) is 11.4. The van der Waals surface area contributed by atoms with E-state index in [-0.39, 0.29) is 35.5 Å². The van der Waals surface area contributed by atoms with E-state index in [1.165, 1.54) is 6.20 Å². The first kappa shape index (κ1) is 25.5. The lowest BCUT2D eigenvalue weighted by atomic mass is 10.0. The number of hydrogen-bond acceptors (Lipinski definition) is 7. The molecule has 196 valence electrons. The SMILES string of the molecule is C[C@@H](c1cnc(N2CC(F)C2)nc1)n1cc(NC(=O)c2cncc(-c3c(C(F)F)ccc(Cl)c3F)n2)cn1. The predicted octanol–water partition coefficient (Wildman–Crippen LogP) is 4.88. The molecule has 38 heavy (non-hydrogen) atoms. The molecule has 4 heterocycles. The van der Waals surface area contributed by atoms with Crippen molar-refractivity contribution in [2.24, 2.45) is 0 Å². The molecule has 1 N–H and O–H groups in total. The minimum absolute atomic E-state index is 0.228. The van der Waals surface area contributed by atoms with Gasteiger partial charge in [0.05, 0.1) is 54.1 Å². The highest BCUT2D eigenvalue weighted by Crippen LogP contribution is 2.35. The monoisotopic (exact) mass is 546 g/mol. The smallest absolute Gasteiger partial charge is 0.275 e. The number of nitrogens with one attached hydrogen (secondary N) is 1. The maximum absolute atomic E-state index is 14.6. The molecule has 1 aliphatic rings. The van der Waals surface area contributed by atoms with Crippen molar-refractivity contribution in [3.63, 3.8) is 0 Å². The summed E-state index contributed by atoms with van der Waals surface area (Å²) in [4.78, 5) is 31.0. The lowest BCUT2D eigenvalue weighted by Gasteiger charge is -2.34. The van der Waals surface area contributed by atoms with Crippen molar-refractivity contribution in [2.45, 2.75) is 25.6 Å². The molecule has 1 atom stereocenters. The van der Waals surface area contributed by atoms with Crippen LogP contribution in [0, 0.1) is 5.82 Å². The minimum Gasteiger partial charge on any atom is -0.335 e. The van der Waals surface area contributed by atoms with Gasteiger partial charge in [0, 0.05) is 35.3 Å². The van der Waals surface area contributed by atoms with Crippen molar-refractivity contribution in [2.75, 3.05) is 23.3 Å². The van der Waals surface area contributed by atoms with Gasteiger partial charge in [-0.1, -0.05) is 17.7 Å². The van der Waals surface area contributed by atoms with Crippen molar-refractivity contribution in [1.82, 2.24) is 29.7 Å². The van der Waals surface area contributed by atoms with Crippen LogP contribution in [0.1, 0.15) is 41.0 Å². The third kappa shape index (κ3) is 5.01. The Morgan fingerprint density at radius 3 is 2.55 bits per heavy atom. The van der Waals surface area contributed by atoms with Gasteiger partial charge in [0.15, 0.2) is 5.82 Å². The number of amides is 1. The van der Waals surface area contributed by atoms with Crippen LogP contribution in [0.2, 0.25) is 5.02 Å². The van der Waals surface area contributed by atoms with E-state index < -0.39 is 35.4 Å². The average molecular weight is 547 g/mol. The number of rotatable bonds is 7. The highest BCUT2D eigenvalue weighted by atomic mass is 35.5. The molecular weight excluding hydrogens is 528 g/mol. The first-order chi connectivity index (χ1) is 18.2. The summed E-state index contributed by atoms with van der Waals surface area (Å²) in [7, 11) is 0. The quantitative estimate of drug-likeness (QED) is 0.330. The van der Waals surface area contributed by atoms with Gasteiger partial charge in [-0.25, -0.2) is 32.5 Å². The molecule has 0 bridgehead atoms. The molecule has 1 fully saturated rings. The summed E-state index contributed by atoms with van der Waals surface area (Å²) >= 11 is 5.78. The lowest BCUT2D eigenvalue weighted by molar-refractivity contribution is 0.102. The van der Waals surface area contributed by atoms with Crippen LogP contribution in [-0.4, -0.2) is 54.9 Å². The van der Waals surface area contributed by atoms with Crippen molar-refractivity contribution in [3.8, 4) is 11.3 Å². The van der Waals surface area contributed by atoms with E-state index in [2.05, 4.69) is 30.4 Å². The van der Waals surface area contributed by atoms with Crippen molar-refractivity contribution >= 4 is 29.1 Å². The van der Waals surface area contributed by atoms with E-state index >= 15 is 0 Å². The zero-order chi connectivity index (χ0) is 27.0. The number of aromatic nitrogens is 6. The molecule has 9 nitrogen and oxygen atoms in total. The third-order valence-electron chi connectivity index (χ3n) is 6.00. The maximum Gasteiger partial charge on any atom is 0.275 e. The number of benzene rings is 1. The predicted molar refractivity (Wildman–Crippen MR) is 131 cm³/mol. The van der Waals surface area contributed by atoms with Crippen LogP contribution in [-0.2, 0) is 0 Å². The van der Waals surface area contributed by atoms with Gasteiger partial charge in [-0.3, -0.25) is 14.5 Å². The number of anilines is 2. The van der Waals surface area contributed by atoms with Gasteiger partial charge in [-0.15, -0.1) is 0 Å². The van der Waals surface area contributed by atoms with E-state index in [0.717, 1.165) is 30.1 Å². The molecule has 4 aromatic rings. The van der Waals surface area contributed by atoms with Gasteiger partial charge in [0.1, 0.15) is 11.9 Å². The minimum atomic E-state index is -3.00. The van der Waals surface area contributed by atoms with Crippen LogP contribution >= 0.6 is 11.6 Å². The first-order valence-corrected chi connectivity index (χ1v) is 11.7. The molecular formula is C24H19ClF4N8O. The van der Waals surface area contributed by atoms with E-state index in [0.29, 0.717) is 11.6 Å².